The Bertz CT molecular complexity index is 697. The molecule has 1 aromatic carbocycles. The number of carbonyl (C=O) groups is 2. The largest absolute Gasteiger partial charge is 0.384 e. The molecular weight excluding hydrogens is 342 g/mol. The number of hydrogen-bond acceptors (Lipinski definition) is 3. The Balaban J connectivity index is 1.70. The lowest BCUT2D eigenvalue weighted by Gasteiger charge is -2.39. The van der Waals surface area contributed by atoms with Crippen molar-refractivity contribution in [3.05, 3.63) is 35.4 Å². The number of piperidine rings is 1. The molecule has 2 heterocycles. The normalized spacial score (nSPS) is 23.1. The number of methoxy groups -OCH3 is 1. The predicted molar refractivity (Wildman–Crippen MR) is 91.1 cm³/mol. The van der Waals surface area contributed by atoms with Gasteiger partial charge in [0.15, 0.2) is 11.6 Å². The van der Waals surface area contributed by atoms with E-state index in [1.165, 1.54) is 12.1 Å². The molecule has 0 aliphatic carbocycles. The van der Waals surface area contributed by atoms with Crippen molar-refractivity contribution < 1.29 is 23.1 Å². The van der Waals surface area contributed by atoms with Crippen molar-refractivity contribution in [3.8, 4) is 0 Å². The molecule has 0 bridgehead atoms. The van der Waals surface area contributed by atoms with Gasteiger partial charge in [-0.1, -0.05) is 12.1 Å². The highest BCUT2D eigenvalue weighted by Crippen LogP contribution is 2.40. The second-order valence-electron chi connectivity index (χ2n) is 7.13. The van der Waals surface area contributed by atoms with E-state index >= 15 is 0 Å². The minimum Gasteiger partial charge on any atom is -0.384 e. The number of amides is 2. The number of nitrogens with zero attached hydrogens (tertiary/aromatic N) is 2. The van der Waals surface area contributed by atoms with Gasteiger partial charge >= 0.3 is 0 Å². The van der Waals surface area contributed by atoms with Gasteiger partial charge in [0.05, 0.1) is 18.4 Å². The third kappa shape index (κ3) is 3.58. The highest BCUT2D eigenvalue weighted by atomic mass is 19.2. The third-order valence-corrected chi connectivity index (χ3v) is 5.44. The molecule has 26 heavy (non-hydrogen) atoms. The van der Waals surface area contributed by atoms with Crippen molar-refractivity contribution in [2.24, 2.45) is 5.41 Å². The van der Waals surface area contributed by atoms with Crippen LogP contribution in [0.25, 0.3) is 0 Å². The number of ether oxygens (including phenoxy) is 1. The zero-order chi connectivity index (χ0) is 18.7. The van der Waals surface area contributed by atoms with Gasteiger partial charge in [0.25, 0.3) is 0 Å². The van der Waals surface area contributed by atoms with Crippen LogP contribution < -0.4 is 0 Å². The molecule has 142 valence electrons. The number of halogens is 2. The maximum absolute atomic E-state index is 14.0. The topological polar surface area (TPSA) is 49.9 Å². The van der Waals surface area contributed by atoms with Gasteiger partial charge in [0.1, 0.15) is 0 Å². The van der Waals surface area contributed by atoms with Crippen molar-refractivity contribution >= 4 is 11.8 Å². The van der Waals surface area contributed by atoms with Crippen LogP contribution in [0.15, 0.2) is 18.2 Å². The molecule has 2 aliphatic heterocycles. The van der Waals surface area contributed by atoms with E-state index in [4.69, 9.17) is 4.74 Å². The fraction of sp³-hybridized carbons (Fsp3) is 0.579. The van der Waals surface area contributed by atoms with Gasteiger partial charge in [-0.05, 0) is 25.3 Å². The fourth-order valence-electron chi connectivity index (χ4n) is 3.99. The summed E-state index contributed by atoms with van der Waals surface area (Å²) in [7, 11) is 1.55. The molecule has 0 saturated carbocycles. The monoisotopic (exact) mass is 366 g/mol. The van der Waals surface area contributed by atoms with Crippen LogP contribution in [0, 0.1) is 17.0 Å². The van der Waals surface area contributed by atoms with Gasteiger partial charge in [-0.2, -0.15) is 0 Å². The SMILES string of the molecule is COCCC(=O)N1CC[C@@]2(CCCN(Cc3cccc(F)c3F)C2=O)C1. The van der Waals surface area contributed by atoms with Gasteiger partial charge in [-0.15, -0.1) is 0 Å². The van der Waals surface area contributed by atoms with Gasteiger partial charge in [-0.3, -0.25) is 9.59 Å². The standard InChI is InChI=1S/C19H24F2N2O3/c1-26-11-6-16(24)23-10-8-19(13-23)7-3-9-22(18(19)25)12-14-4-2-5-15(20)17(14)21/h2,4-5H,3,6-13H2,1H3/t19-/m0/s1. The summed E-state index contributed by atoms with van der Waals surface area (Å²) in [6.45, 7) is 1.89. The summed E-state index contributed by atoms with van der Waals surface area (Å²) in [5.74, 6) is -1.88. The predicted octanol–water partition coefficient (Wildman–Crippen LogP) is 2.34. The van der Waals surface area contributed by atoms with Crippen molar-refractivity contribution in [1.82, 2.24) is 9.80 Å². The zero-order valence-corrected chi connectivity index (χ0v) is 15.0. The molecule has 1 spiro atoms. The number of hydrogen-bond donors (Lipinski definition) is 0. The fourth-order valence-corrected chi connectivity index (χ4v) is 3.99. The molecule has 2 aliphatic rings. The first-order valence-electron chi connectivity index (χ1n) is 8.96. The molecule has 0 unspecified atom stereocenters. The van der Waals surface area contributed by atoms with Gasteiger partial charge < -0.3 is 14.5 Å². The van der Waals surface area contributed by atoms with E-state index in [2.05, 4.69) is 0 Å². The number of likely N-dealkylation sites (tertiary alicyclic amines) is 2. The van der Waals surface area contributed by atoms with Crippen LogP contribution in [-0.2, 0) is 20.9 Å². The smallest absolute Gasteiger partial charge is 0.230 e. The van der Waals surface area contributed by atoms with Gasteiger partial charge in [0, 0.05) is 38.9 Å². The van der Waals surface area contributed by atoms with E-state index in [-0.39, 0.29) is 23.9 Å². The van der Waals surface area contributed by atoms with Crippen LogP contribution in [-0.4, -0.2) is 55.0 Å². The molecule has 2 amide bonds. The first-order valence-corrected chi connectivity index (χ1v) is 8.96. The molecular formula is C19H24F2N2O3. The third-order valence-electron chi connectivity index (χ3n) is 5.44. The molecule has 5 nitrogen and oxygen atoms in total. The summed E-state index contributed by atoms with van der Waals surface area (Å²) in [6, 6.07) is 4.02. The summed E-state index contributed by atoms with van der Waals surface area (Å²) in [4.78, 5) is 28.6. The number of carbonyl (C=O) groups excluding carboxylic acids is 2. The Morgan fingerprint density at radius 2 is 2.08 bits per heavy atom. The lowest BCUT2D eigenvalue weighted by molar-refractivity contribution is -0.147. The van der Waals surface area contributed by atoms with Crippen LogP contribution in [0.5, 0.6) is 0 Å². The first-order chi connectivity index (χ1) is 12.5. The first kappa shape index (κ1) is 18.8. The van der Waals surface area contributed by atoms with E-state index in [9.17, 15) is 18.4 Å². The summed E-state index contributed by atoms with van der Waals surface area (Å²) < 4.78 is 32.3. The molecule has 1 aromatic rings. The van der Waals surface area contributed by atoms with E-state index in [1.807, 2.05) is 0 Å². The molecule has 0 N–H and O–H groups in total. The number of benzene rings is 1. The maximum Gasteiger partial charge on any atom is 0.230 e. The summed E-state index contributed by atoms with van der Waals surface area (Å²) >= 11 is 0. The van der Waals surface area contributed by atoms with Gasteiger partial charge in [0.2, 0.25) is 11.8 Å². The molecule has 0 radical (unpaired) electrons. The minimum atomic E-state index is -0.905. The molecule has 2 saturated heterocycles. The van der Waals surface area contributed by atoms with Crippen LogP contribution in [0.1, 0.15) is 31.2 Å². The second-order valence-corrected chi connectivity index (χ2v) is 7.13. The summed E-state index contributed by atoms with van der Waals surface area (Å²) in [5.41, 5.74) is -0.411. The van der Waals surface area contributed by atoms with E-state index in [1.54, 1.807) is 16.9 Å². The van der Waals surface area contributed by atoms with E-state index < -0.39 is 17.0 Å². The lowest BCUT2D eigenvalue weighted by atomic mass is 9.78. The van der Waals surface area contributed by atoms with Crippen molar-refractivity contribution in [1.29, 1.82) is 0 Å². The average molecular weight is 366 g/mol. The summed E-state index contributed by atoms with van der Waals surface area (Å²) in [6.07, 6.45) is 2.44. The van der Waals surface area contributed by atoms with Crippen molar-refractivity contribution in [2.45, 2.75) is 32.2 Å². The van der Waals surface area contributed by atoms with Gasteiger partial charge in [-0.25, -0.2) is 8.78 Å². The Hall–Kier alpha value is -2.02. The molecule has 7 heteroatoms. The van der Waals surface area contributed by atoms with Crippen LogP contribution in [0.4, 0.5) is 8.78 Å². The molecule has 2 fully saturated rings. The summed E-state index contributed by atoms with van der Waals surface area (Å²) in [5, 5.41) is 0. The van der Waals surface area contributed by atoms with Crippen LogP contribution in [0.3, 0.4) is 0 Å². The van der Waals surface area contributed by atoms with E-state index in [0.29, 0.717) is 39.1 Å². The zero-order valence-electron chi connectivity index (χ0n) is 15.0. The second kappa shape index (κ2) is 7.70. The molecule has 1 atom stereocenters. The highest BCUT2D eigenvalue weighted by Gasteiger charge is 2.49. The Labute approximate surface area is 151 Å². The average Bonchev–Trinajstić information content (AvgIpc) is 3.06. The van der Waals surface area contributed by atoms with Crippen molar-refractivity contribution in [2.75, 3.05) is 33.4 Å². The highest BCUT2D eigenvalue weighted by molar-refractivity contribution is 5.86. The van der Waals surface area contributed by atoms with Crippen LogP contribution >= 0.6 is 0 Å². The molecule has 0 aromatic heterocycles. The minimum absolute atomic E-state index is 0.00942. The maximum atomic E-state index is 14.0. The Morgan fingerprint density at radius 1 is 1.27 bits per heavy atom. The Kier molecular flexibility index (Phi) is 5.55. The van der Waals surface area contributed by atoms with Crippen LogP contribution in [0.2, 0.25) is 0 Å². The van der Waals surface area contributed by atoms with Crippen molar-refractivity contribution in [3.63, 3.8) is 0 Å². The quantitative estimate of drug-likeness (QED) is 0.804. The van der Waals surface area contributed by atoms with E-state index in [0.717, 1.165) is 18.9 Å². The number of rotatable bonds is 5. The molecule has 3 rings (SSSR count). The lowest BCUT2D eigenvalue weighted by Crippen LogP contribution is -2.50. The Morgan fingerprint density at radius 3 is 2.85 bits per heavy atom.